The van der Waals surface area contributed by atoms with E-state index in [9.17, 15) is 20.0 Å². The number of hydrazone groups is 1. The number of aromatic hydroxyl groups is 1. The molecule has 0 fully saturated rings. The first-order valence-corrected chi connectivity index (χ1v) is 6.67. The minimum absolute atomic E-state index is 0.000829. The molecule has 0 aliphatic heterocycles. The Hall–Kier alpha value is -2.74. The molecule has 0 saturated carbocycles. The predicted octanol–water partition coefficient (Wildman–Crippen LogP) is 2.43. The van der Waals surface area contributed by atoms with Gasteiger partial charge in [0.05, 0.1) is 21.6 Å². The maximum absolute atomic E-state index is 11.8. The monoisotopic (exact) mass is 305 g/mol. The fraction of sp³-hybridized carbons (Fsp3) is 0.0769. The first-order chi connectivity index (χ1) is 9.99. The molecule has 2 rings (SSSR count). The molecule has 2 aromatic rings. The zero-order valence-electron chi connectivity index (χ0n) is 10.9. The van der Waals surface area contributed by atoms with Crippen molar-refractivity contribution in [3.63, 3.8) is 0 Å². The van der Waals surface area contributed by atoms with E-state index in [1.165, 1.54) is 24.4 Å². The van der Waals surface area contributed by atoms with E-state index in [0.29, 0.717) is 10.4 Å². The van der Waals surface area contributed by atoms with E-state index in [2.05, 4.69) is 10.5 Å². The van der Waals surface area contributed by atoms with Crippen molar-refractivity contribution in [3.05, 3.63) is 56.5 Å². The number of hydrogen-bond donors (Lipinski definition) is 2. The lowest BCUT2D eigenvalue weighted by molar-refractivity contribution is -0.380. The summed E-state index contributed by atoms with van der Waals surface area (Å²) in [7, 11) is 0. The van der Waals surface area contributed by atoms with Gasteiger partial charge in [0.25, 0.3) is 5.91 Å². The second-order valence-electron chi connectivity index (χ2n) is 4.10. The summed E-state index contributed by atoms with van der Waals surface area (Å²) in [6.45, 7) is 1.68. The second-order valence-corrected chi connectivity index (χ2v) is 5.20. The molecule has 1 heterocycles. The van der Waals surface area contributed by atoms with Crippen LogP contribution in [-0.2, 0) is 0 Å². The van der Waals surface area contributed by atoms with Gasteiger partial charge in [0.1, 0.15) is 5.75 Å². The van der Waals surface area contributed by atoms with Gasteiger partial charge in [-0.05, 0) is 24.6 Å². The number of rotatable bonds is 4. The Labute approximate surface area is 123 Å². The zero-order chi connectivity index (χ0) is 15.4. The molecular weight excluding hydrogens is 294 g/mol. The molecule has 0 radical (unpaired) electrons. The lowest BCUT2D eigenvalue weighted by Crippen LogP contribution is -2.17. The number of phenols is 1. The van der Waals surface area contributed by atoms with Crippen LogP contribution in [0.4, 0.5) is 5.00 Å². The maximum atomic E-state index is 11.8. The Bertz CT molecular complexity index is 724. The molecule has 1 aromatic heterocycles. The van der Waals surface area contributed by atoms with Crippen molar-refractivity contribution >= 4 is 28.5 Å². The number of para-hydroxylation sites is 1. The minimum Gasteiger partial charge on any atom is -0.507 e. The Balaban J connectivity index is 2.05. The van der Waals surface area contributed by atoms with Gasteiger partial charge in [-0.3, -0.25) is 14.9 Å². The number of carbonyl (C=O) groups is 1. The molecule has 8 heteroatoms. The first-order valence-electron chi connectivity index (χ1n) is 5.85. The van der Waals surface area contributed by atoms with Gasteiger partial charge in [-0.15, -0.1) is 0 Å². The number of nitro groups is 1. The standard InChI is InChI=1S/C13H11N3O4S/c1-8-3-2-4-10(12(8)17)13(18)15-14-7-9-5-6-11(21-9)16(19)20/h2-7,17H,1H3,(H,15,18). The number of nitrogens with zero attached hydrogens (tertiary/aromatic N) is 2. The van der Waals surface area contributed by atoms with Gasteiger partial charge in [-0.25, -0.2) is 5.43 Å². The molecule has 7 nitrogen and oxygen atoms in total. The highest BCUT2D eigenvalue weighted by atomic mass is 32.1. The number of benzene rings is 1. The molecule has 0 aliphatic rings. The predicted molar refractivity (Wildman–Crippen MR) is 78.9 cm³/mol. The molecule has 0 aliphatic carbocycles. The fourth-order valence-electron chi connectivity index (χ4n) is 1.57. The molecule has 1 amide bonds. The molecule has 0 atom stereocenters. The summed E-state index contributed by atoms with van der Waals surface area (Å²) in [5.74, 6) is -0.657. The lowest BCUT2D eigenvalue weighted by Gasteiger charge is -2.04. The van der Waals surface area contributed by atoms with Gasteiger partial charge in [0, 0.05) is 6.07 Å². The van der Waals surface area contributed by atoms with Crippen LogP contribution in [0.5, 0.6) is 5.75 Å². The summed E-state index contributed by atoms with van der Waals surface area (Å²) >= 11 is 0.945. The van der Waals surface area contributed by atoms with Gasteiger partial charge in [0.2, 0.25) is 0 Å². The van der Waals surface area contributed by atoms with Crippen LogP contribution in [-0.4, -0.2) is 22.2 Å². The highest BCUT2D eigenvalue weighted by Crippen LogP contribution is 2.23. The van der Waals surface area contributed by atoms with E-state index < -0.39 is 10.8 Å². The molecule has 21 heavy (non-hydrogen) atoms. The quantitative estimate of drug-likeness (QED) is 0.514. The first kappa shape index (κ1) is 14.7. The highest BCUT2D eigenvalue weighted by molar-refractivity contribution is 7.16. The Morgan fingerprint density at radius 2 is 2.19 bits per heavy atom. The summed E-state index contributed by atoms with van der Waals surface area (Å²) in [6.07, 6.45) is 1.31. The van der Waals surface area contributed by atoms with Crippen LogP contribution in [0.15, 0.2) is 35.4 Å². The number of aryl methyl sites for hydroxylation is 1. The maximum Gasteiger partial charge on any atom is 0.324 e. The van der Waals surface area contributed by atoms with Gasteiger partial charge in [0.15, 0.2) is 0 Å². The molecular formula is C13H11N3O4S. The third-order valence-electron chi connectivity index (χ3n) is 2.63. The molecule has 0 unspecified atom stereocenters. The van der Waals surface area contributed by atoms with Crippen LogP contribution in [0.25, 0.3) is 0 Å². The SMILES string of the molecule is Cc1cccc(C(=O)NN=Cc2ccc([N+](=O)[O-])s2)c1O. The van der Waals surface area contributed by atoms with E-state index in [1.807, 2.05) is 0 Å². The molecule has 108 valence electrons. The lowest BCUT2D eigenvalue weighted by atomic mass is 10.1. The average Bonchev–Trinajstić information content (AvgIpc) is 2.91. The van der Waals surface area contributed by atoms with Crippen molar-refractivity contribution in [1.82, 2.24) is 5.43 Å². The molecule has 0 spiro atoms. The van der Waals surface area contributed by atoms with Crippen LogP contribution in [0, 0.1) is 17.0 Å². The van der Waals surface area contributed by atoms with Gasteiger partial charge in [-0.2, -0.15) is 5.10 Å². The van der Waals surface area contributed by atoms with Crippen molar-refractivity contribution in [2.75, 3.05) is 0 Å². The second kappa shape index (κ2) is 6.14. The van der Waals surface area contributed by atoms with Crippen molar-refractivity contribution < 1.29 is 14.8 Å². The number of thiophene rings is 1. The van der Waals surface area contributed by atoms with Crippen LogP contribution >= 0.6 is 11.3 Å². The summed E-state index contributed by atoms with van der Waals surface area (Å²) in [6, 6.07) is 7.70. The number of nitrogens with one attached hydrogen (secondary N) is 1. The number of phenolic OH excluding ortho intramolecular Hbond substituents is 1. The summed E-state index contributed by atoms with van der Waals surface area (Å²) in [5.41, 5.74) is 2.96. The summed E-state index contributed by atoms with van der Waals surface area (Å²) in [4.78, 5) is 22.4. The van der Waals surface area contributed by atoms with Crippen LogP contribution in [0.2, 0.25) is 0 Å². The number of amides is 1. The minimum atomic E-state index is -0.557. The van der Waals surface area contributed by atoms with E-state index in [-0.39, 0.29) is 16.3 Å². The van der Waals surface area contributed by atoms with E-state index in [4.69, 9.17) is 0 Å². The number of carbonyl (C=O) groups excluding carboxylic acids is 1. The van der Waals surface area contributed by atoms with E-state index >= 15 is 0 Å². The van der Waals surface area contributed by atoms with Gasteiger partial charge < -0.3 is 5.11 Å². The smallest absolute Gasteiger partial charge is 0.324 e. The van der Waals surface area contributed by atoms with Crippen LogP contribution < -0.4 is 5.43 Å². The van der Waals surface area contributed by atoms with Crippen LogP contribution in [0.1, 0.15) is 20.8 Å². The Morgan fingerprint density at radius 1 is 1.43 bits per heavy atom. The van der Waals surface area contributed by atoms with Crippen molar-refractivity contribution in [2.24, 2.45) is 5.10 Å². The summed E-state index contributed by atoms with van der Waals surface area (Å²) < 4.78 is 0. The summed E-state index contributed by atoms with van der Waals surface area (Å²) in [5, 5.41) is 24.0. The largest absolute Gasteiger partial charge is 0.507 e. The topological polar surface area (TPSA) is 105 Å². The third-order valence-corrected chi connectivity index (χ3v) is 3.60. The Morgan fingerprint density at radius 3 is 2.86 bits per heavy atom. The highest BCUT2D eigenvalue weighted by Gasteiger charge is 2.12. The van der Waals surface area contributed by atoms with E-state index in [1.54, 1.807) is 19.1 Å². The average molecular weight is 305 g/mol. The van der Waals surface area contributed by atoms with Gasteiger partial charge in [-0.1, -0.05) is 23.5 Å². The van der Waals surface area contributed by atoms with Crippen LogP contribution in [0.3, 0.4) is 0 Å². The fourth-order valence-corrected chi connectivity index (χ4v) is 2.26. The van der Waals surface area contributed by atoms with Crippen molar-refractivity contribution in [2.45, 2.75) is 6.92 Å². The van der Waals surface area contributed by atoms with Crippen molar-refractivity contribution in [3.8, 4) is 5.75 Å². The molecule has 0 saturated heterocycles. The number of hydrogen-bond acceptors (Lipinski definition) is 6. The van der Waals surface area contributed by atoms with E-state index in [0.717, 1.165) is 11.3 Å². The molecule has 0 bridgehead atoms. The van der Waals surface area contributed by atoms with Gasteiger partial charge >= 0.3 is 5.00 Å². The van der Waals surface area contributed by atoms with Crippen molar-refractivity contribution in [1.29, 1.82) is 0 Å². The molecule has 2 N–H and O–H groups in total. The Kier molecular flexibility index (Phi) is 4.29. The third kappa shape index (κ3) is 3.42. The molecule has 1 aromatic carbocycles. The normalized spacial score (nSPS) is 10.7. The zero-order valence-corrected chi connectivity index (χ0v) is 11.8.